The lowest BCUT2D eigenvalue weighted by molar-refractivity contribution is 0.152. The maximum atomic E-state index is 7.82. The zero-order valence-corrected chi connectivity index (χ0v) is 39.0. The molecule has 0 amide bonds. The summed E-state index contributed by atoms with van der Waals surface area (Å²) in [6.07, 6.45) is 0. The number of para-hydroxylation sites is 5. The van der Waals surface area contributed by atoms with E-state index in [9.17, 15) is 0 Å². The molecule has 1 aliphatic heterocycles. The van der Waals surface area contributed by atoms with E-state index in [1.54, 1.807) is 0 Å². The van der Waals surface area contributed by atoms with Crippen LogP contribution in [-0.4, -0.2) is 0 Å². The molecule has 0 aromatic heterocycles. The van der Waals surface area contributed by atoms with Gasteiger partial charge in [-0.25, -0.2) is 0 Å². The van der Waals surface area contributed by atoms with Gasteiger partial charge in [0.15, 0.2) is 5.60 Å². The number of rotatable bonds is 12. The van der Waals surface area contributed by atoms with Gasteiger partial charge in [-0.15, -0.1) is 0 Å². The van der Waals surface area contributed by atoms with E-state index < -0.39 is 5.60 Å². The fourth-order valence-electron chi connectivity index (χ4n) is 10.1. The highest BCUT2D eigenvalue weighted by Crippen LogP contribution is 2.54. The summed E-state index contributed by atoms with van der Waals surface area (Å²) in [5.74, 6) is 0.797. The molecule has 11 aromatic carbocycles. The first kappa shape index (κ1) is 42.9. The SMILES string of the molecule is c1ccc(-c2ccc(N(c3ccccc3)c3ccc(C4(c5ccc(N(c6ccccc6)c6ccccc6)cc5)Oc5cc(N(c6ccccc6)c6ccccc6)ccc5-c5ccccc54)cc3)cc2)cc1. The Labute approximate surface area is 416 Å². The highest BCUT2D eigenvalue weighted by atomic mass is 16.5. The Hall–Kier alpha value is -9.38. The Morgan fingerprint density at radius 2 is 0.549 bits per heavy atom. The van der Waals surface area contributed by atoms with Crippen molar-refractivity contribution in [3.63, 3.8) is 0 Å². The van der Waals surface area contributed by atoms with Crippen LogP contribution in [0, 0.1) is 0 Å². The normalized spacial score (nSPS) is 13.5. The van der Waals surface area contributed by atoms with E-state index in [-0.39, 0.29) is 0 Å². The van der Waals surface area contributed by atoms with Gasteiger partial charge in [-0.3, -0.25) is 0 Å². The zero-order valence-electron chi connectivity index (χ0n) is 39.0. The number of nitrogens with zero attached hydrogens (tertiary/aromatic N) is 3. The van der Waals surface area contributed by atoms with Crippen LogP contribution in [0.25, 0.3) is 22.3 Å². The number of anilines is 9. The third-order valence-electron chi connectivity index (χ3n) is 13.5. The van der Waals surface area contributed by atoms with Gasteiger partial charge in [0.05, 0.1) is 0 Å². The highest BCUT2D eigenvalue weighted by Gasteiger charge is 2.45. The second-order valence-corrected chi connectivity index (χ2v) is 17.7. The molecule has 0 saturated carbocycles. The predicted octanol–water partition coefficient (Wildman–Crippen LogP) is 18.1. The molecule has 4 heteroatoms. The van der Waals surface area contributed by atoms with E-state index >= 15 is 0 Å². The fraction of sp³-hybridized carbons (Fsp3) is 0.0149. The molecule has 0 saturated heterocycles. The smallest absolute Gasteiger partial charge is 0.185 e. The van der Waals surface area contributed by atoms with Gasteiger partial charge in [-0.1, -0.05) is 182 Å². The summed E-state index contributed by atoms with van der Waals surface area (Å²) in [5, 5.41) is 0. The molecule has 338 valence electrons. The Bertz CT molecular complexity index is 3440. The van der Waals surface area contributed by atoms with Crippen LogP contribution in [0.1, 0.15) is 16.7 Å². The van der Waals surface area contributed by atoms with Crippen LogP contribution < -0.4 is 19.4 Å². The second-order valence-electron chi connectivity index (χ2n) is 17.7. The minimum absolute atomic E-state index is 0.797. The van der Waals surface area contributed by atoms with Crippen molar-refractivity contribution in [2.75, 3.05) is 14.7 Å². The Morgan fingerprint density at radius 1 is 0.239 bits per heavy atom. The van der Waals surface area contributed by atoms with E-state index in [1.807, 2.05) is 0 Å². The standard InChI is InChI=1S/C67H49N3O/c1-7-21-50(22-8-1)51-35-41-59(42-36-51)69(56-27-13-4-14-28-56)61-45-39-53(40-46-61)67(52-37-43-60(44-38-52)68(54-23-9-2-10-24-54)55-25-11-3-12-26-55)65-34-20-19-33-63(65)64-48-47-62(49-66(64)71-67)70(57-29-15-5-16-30-57)58-31-17-6-18-32-58/h1-49H. The van der Waals surface area contributed by atoms with E-state index in [0.717, 1.165) is 84.8 Å². The highest BCUT2D eigenvalue weighted by molar-refractivity contribution is 5.86. The van der Waals surface area contributed by atoms with Gasteiger partial charge < -0.3 is 19.4 Å². The van der Waals surface area contributed by atoms with Gasteiger partial charge in [0, 0.05) is 79.5 Å². The molecule has 12 rings (SSSR count). The first-order valence-electron chi connectivity index (χ1n) is 24.2. The first-order chi connectivity index (χ1) is 35.2. The van der Waals surface area contributed by atoms with Crippen LogP contribution in [0.2, 0.25) is 0 Å². The average molecular weight is 912 g/mol. The van der Waals surface area contributed by atoms with Crippen LogP contribution >= 0.6 is 0 Å². The molecule has 0 bridgehead atoms. The lowest BCUT2D eigenvalue weighted by Gasteiger charge is -2.42. The quantitative estimate of drug-likeness (QED) is 0.122. The largest absolute Gasteiger partial charge is 0.472 e. The average Bonchev–Trinajstić information content (AvgIpc) is 3.45. The number of hydrogen-bond acceptors (Lipinski definition) is 4. The monoisotopic (exact) mass is 911 g/mol. The van der Waals surface area contributed by atoms with Gasteiger partial charge in [-0.05, 0) is 126 Å². The lowest BCUT2D eigenvalue weighted by atomic mass is 9.75. The van der Waals surface area contributed by atoms with Crippen LogP contribution in [0.15, 0.2) is 297 Å². The van der Waals surface area contributed by atoms with Crippen LogP contribution in [-0.2, 0) is 5.60 Å². The summed E-state index contributed by atoms with van der Waals surface area (Å²) >= 11 is 0. The van der Waals surface area contributed by atoms with Gasteiger partial charge in [-0.2, -0.15) is 0 Å². The molecule has 1 atom stereocenters. The Balaban J connectivity index is 1.02. The third-order valence-corrected chi connectivity index (χ3v) is 13.5. The van der Waals surface area contributed by atoms with E-state index in [1.165, 1.54) is 11.1 Å². The van der Waals surface area contributed by atoms with Crippen molar-refractivity contribution in [1.29, 1.82) is 0 Å². The van der Waals surface area contributed by atoms with E-state index in [2.05, 4.69) is 312 Å². The Kier molecular flexibility index (Phi) is 11.5. The molecular formula is C67H49N3O. The van der Waals surface area contributed by atoms with Crippen molar-refractivity contribution in [3.8, 4) is 28.0 Å². The maximum Gasteiger partial charge on any atom is 0.185 e. The van der Waals surface area contributed by atoms with Crippen molar-refractivity contribution in [2.45, 2.75) is 5.60 Å². The molecule has 11 aromatic rings. The minimum Gasteiger partial charge on any atom is -0.472 e. The van der Waals surface area contributed by atoms with Crippen LogP contribution in [0.5, 0.6) is 5.75 Å². The van der Waals surface area contributed by atoms with E-state index in [0.29, 0.717) is 0 Å². The first-order valence-corrected chi connectivity index (χ1v) is 24.2. The molecule has 0 radical (unpaired) electrons. The molecule has 0 N–H and O–H groups in total. The number of benzene rings is 11. The maximum absolute atomic E-state index is 7.82. The molecule has 71 heavy (non-hydrogen) atoms. The second kappa shape index (κ2) is 19.0. The summed E-state index contributed by atoms with van der Waals surface area (Å²) in [5.41, 5.74) is 16.1. The van der Waals surface area contributed by atoms with Gasteiger partial charge >= 0.3 is 0 Å². The number of ether oxygens (including phenoxy) is 1. The summed E-state index contributed by atoms with van der Waals surface area (Å²) < 4.78 is 7.82. The van der Waals surface area contributed by atoms with Crippen molar-refractivity contribution < 1.29 is 4.74 Å². The Morgan fingerprint density at radius 3 is 0.972 bits per heavy atom. The summed E-state index contributed by atoms with van der Waals surface area (Å²) in [4.78, 5) is 6.91. The van der Waals surface area contributed by atoms with Crippen molar-refractivity contribution in [1.82, 2.24) is 0 Å². The van der Waals surface area contributed by atoms with E-state index in [4.69, 9.17) is 4.74 Å². The fourth-order valence-corrected chi connectivity index (χ4v) is 10.1. The number of hydrogen-bond donors (Lipinski definition) is 0. The molecule has 0 aliphatic carbocycles. The molecular weight excluding hydrogens is 863 g/mol. The topological polar surface area (TPSA) is 19.0 Å². The molecule has 1 heterocycles. The van der Waals surface area contributed by atoms with Gasteiger partial charge in [0.1, 0.15) is 5.75 Å². The third kappa shape index (κ3) is 8.18. The zero-order chi connectivity index (χ0) is 47.4. The van der Waals surface area contributed by atoms with Gasteiger partial charge in [0.2, 0.25) is 0 Å². The predicted molar refractivity (Wildman–Crippen MR) is 295 cm³/mol. The summed E-state index contributed by atoms with van der Waals surface area (Å²) in [7, 11) is 0. The summed E-state index contributed by atoms with van der Waals surface area (Å²) in [6.45, 7) is 0. The summed E-state index contributed by atoms with van der Waals surface area (Å²) in [6, 6.07) is 105. The van der Waals surface area contributed by atoms with Crippen molar-refractivity contribution >= 4 is 51.2 Å². The molecule has 1 unspecified atom stereocenters. The minimum atomic E-state index is -1.05. The van der Waals surface area contributed by atoms with Crippen molar-refractivity contribution in [3.05, 3.63) is 314 Å². The van der Waals surface area contributed by atoms with Crippen LogP contribution in [0.3, 0.4) is 0 Å². The molecule has 1 aliphatic rings. The lowest BCUT2D eigenvalue weighted by Crippen LogP contribution is -2.38. The van der Waals surface area contributed by atoms with Gasteiger partial charge in [0.25, 0.3) is 0 Å². The molecule has 4 nitrogen and oxygen atoms in total. The molecule has 0 spiro atoms. The number of fused-ring (bicyclic) bond motifs is 3. The van der Waals surface area contributed by atoms with Crippen LogP contribution in [0.4, 0.5) is 51.2 Å². The van der Waals surface area contributed by atoms with Crippen molar-refractivity contribution in [2.24, 2.45) is 0 Å². The molecule has 0 fully saturated rings.